The van der Waals surface area contributed by atoms with Crippen molar-refractivity contribution in [1.82, 2.24) is 5.32 Å². The number of anilines is 1. The van der Waals surface area contributed by atoms with Gasteiger partial charge in [-0.25, -0.2) is 9.79 Å². The van der Waals surface area contributed by atoms with Crippen LogP contribution in [0.1, 0.15) is 92.2 Å². The lowest BCUT2D eigenvalue weighted by Gasteiger charge is -2.16. The van der Waals surface area contributed by atoms with E-state index in [-0.39, 0.29) is 17.5 Å². The highest BCUT2D eigenvalue weighted by atomic mass is 35.5. The van der Waals surface area contributed by atoms with E-state index in [1.807, 2.05) is 44.3 Å². The highest BCUT2D eigenvalue weighted by Gasteiger charge is 2.16. The number of hydrogen-bond donors (Lipinski definition) is 2. The number of hydrogen-bond acceptors (Lipinski definition) is 9. The third-order valence-electron chi connectivity index (χ3n) is 5.74. The molecule has 11 heteroatoms. The first-order valence-corrected chi connectivity index (χ1v) is 15.9. The highest BCUT2D eigenvalue weighted by Crippen LogP contribution is 2.36. The molecule has 248 valence electrons. The minimum atomic E-state index is -0.997. The fraction of sp³-hybridized carbons (Fsp3) is 0.500. The van der Waals surface area contributed by atoms with Crippen molar-refractivity contribution in [3.63, 3.8) is 0 Å². The molecule has 0 spiro atoms. The van der Waals surface area contributed by atoms with E-state index in [9.17, 15) is 14.9 Å². The van der Waals surface area contributed by atoms with Crippen LogP contribution in [0.2, 0.25) is 5.02 Å². The molecule has 2 N–H and O–H groups in total. The van der Waals surface area contributed by atoms with Crippen molar-refractivity contribution in [3.8, 4) is 17.6 Å². The number of nitriles is 1. The summed E-state index contributed by atoms with van der Waals surface area (Å²) < 4.78 is 16.7. The Bertz CT molecular complexity index is 1300. The average molecular weight is 644 g/mol. The third kappa shape index (κ3) is 15.0. The zero-order chi connectivity index (χ0) is 34.4. The van der Waals surface area contributed by atoms with Crippen LogP contribution in [0, 0.1) is 31.1 Å². The van der Waals surface area contributed by atoms with Gasteiger partial charge < -0.3 is 14.2 Å². The van der Waals surface area contributed by atoms with Crippen LogP contribution in [0.3, 0.4) is 0 Å². The van der Waals surface area contributed by atoms with Crippen LogP contribution < -0.4 is 15.5 Å². The van der Waals surface area contributed by atoms with Gasteiger partial charge in [-0.2, -0.15) is 10.4 Å². The van der Waals surface area contributed by atoms with E-state index in [1.54, 1.807) is 32.0 Å². The first-order valence-electron chi connectivity index (χ1n) is 15.6. The number of aryl methyl sites for hydroxylation is 2. The Morgan fingerprint density at radius 3 is 2.22 bits per heavy atom. The average Bonchev–Trinajstić information content (AvgIpc) is 3.01. The van der Waals surface area contributed by atoms with Gasteiger partial charge in [-0.3, -0.25) is 15.5 Å². The van der Waals surface area contributed by atoms with Gasteiger partial charge in [0.1, 0.15) is 17.6 Å². The summed E-state index contributed by atoms with van der Waals surface area (Å²) in [5.74, 6) is 0.968. The number of amides is 2. The quantitative estimate of drug-likeness (QED) is 0.102. The zero-order valence-corrected chi connectivity index (χ0v) is 29.2. The van der Waals surface area contributed by atoms with Crippen LogP contribution >= 0.6 is 11.6 Å². The molecule has 2 amide bonds. The van der Waals surface area contributed by atoms with E-state index >= 15 is 0 Å². The molecular formula is C34H50ClN5O5. The number of rotatable bonds is 12. The Hall–Kier alpha value is -4.10. The lowest BCUT2D eigenvalue weighted by molar-refractivity contribution is -0.114. The molecule has 0 radical (unpaired) electrons. The molecule has 1 unspecified atom stereocenters. The lowest BCUT2D eigenvalue weighted by Crippen LogP contribution is -2.36. The first-order chi connectivity index (χ1) is 21.5. The molecule has 2 rings (SSSR count). The summed E-state index contributed by atoms with van der Waals surface area (Å²) in [6.45, 7) is 20.6. The molecule has 0 saturated heterocycles. The predicted molar refractivity (Wildman–Crippen MR) is 184 cm³/mol. The van der Waals surface area contributed by atoms with Crippen molar-refractivity contribution < 1.29 is 23.8 Å². The van der Waals surface area contributed by atoms with Gasteiger partial charge in [-0.15, -0.1) is 0 Å². The molecule has 0 bridgehead atoms. The fourth-order valence-corrected chi connectivity index (χ4v) is 3.63. The molecule has 0 aliphatic carbocycles. The second-order valence-electron chi connectivity index (χ2n) is 9.68. The number of carbonyl (C=O) groups excluding carboxylic acids is 2. The molecule has 0 saturated carbocycles. The predicted octanol–water partition coefficient (Wildman–Crippen LogP) is 9.65. The van der Waals surface area contributed by atoms with Gasteiger partial charge in [-0.05, 0) is 75.1 Å². The summed E-state index contributed by atoms with van der Waals surface area (Å²) in [5.41, 5.74) is 4.86. The number of halogens is 1. The van der Waals surface area contributed by atoms with E-state index in [0.717, 1.165) is 36.4 Å². The monoisotopic (exact) mass is 643 g/mol. The number of unbranched alkanes of at least 4 members (excludes halogenated alkanes) is 1. The van der Waals surface area contributed by atoms with Crippen molar-refractivity contribution in [1.29, 1.82) is 5.26 Å². The lowest BCUT2D eigenvalue weighted by atomic mass is 10.1. The van der Waals surface area contributed by atoms with Crippen molar-refractivity contribution in [2.75, 3.05) is 18.6 Å². The second kappa shape index (κ2) is 23.3. The van der Waals surface area contributed by atoms with Gasteiger partial charge in [0, 0.05) is 5.92 Å². The van der Waals surface area contributed by atoms with Gasteiger partial charge in [0.05, 0.1) is 29.6 Å². The number of hydrazone groups is 1. The molecule has 0 aliphatic rings. The van der Waals surface area contributed by atoms with Crippen LogP contribution in [0.15, 0.2) is 40.4 Å². The van der Waals surface area contributed by atoms with Gasteiger partial charge in [0.2, 0.25) is 5.71 Å². The van der Waals surface area contributed by atoms with Crippen LogP contribution in [-0.2, 0) is 14.3 Å². The minimum absolute atomic E-state index is 0.0769. The molecule has 2 aromatic carbocycles. The number of imide groups is 1. The van der Waals surface area contributed by atoms with Crippen molar-refractivity contribution in [2.24, 2.45) is 16.0 Å². The SMILES string of the molecule is CC.CCC.CCCCOC(=Nc1ccc(Oc2c(C)cc(N/N=C(\C#N)C(=O)NC(=O)OCC)cc2Cl)cc1C)C(C)CC. The topological polar surface area (TPSA) is 134 Å². The van der Waals surface area contributed by atoms with Crippen molar-refractivity contribution in [3.05, 3.63) is 46.5 Å². The summed E-state index contributed by atoms with van der Waals surface area (Å²) in [5, 5.41) is 15.2. The molecule has 10 nitrogen and oxygen atoms in total. The number of alkyl carbamates (subject to hydrolysis) is 1. The number of aliphatic imine (C=N–C) groups is 1. The maximum Gasteiger partial charge on any atom is 0.414 e. The Morgan fingerprint density at radius 1 is 1.02 bits per heavy atom. The largest absolute Gasteiger partial charge is 0.481 e. The van der Waals surface area contributed by atoms with Gasteiger partial charge >= 0.3 is 6.09 Å². The normalized spacial score (nSPS) is 11.4. The van der Waals surface area contributed by atoms with E-state index in [1.165, 1.54) is 6.42 Å². The van der Waals surface area contributed by atoms with Gasteiger partial charge in [0.25, 0.3) is 5.91 Å². The van der Waals surface area contributed by atoms with Crippen LogP contribution in [0.25, 0.3) is 0 Å². The molecule has 0 aliphatic heterocycles. The Balaban J connectivity index is 0.00000364. The summed E-state index contributed by atoms with van der Waals surface area (Å²) in [7, 11) is 0. The number of carbonyl (C=O) groups is 2. The van der Waals surface area contributed by atoms with E-state index in [0.29, 0.717) is 29.4 Å². The molecule has 0 fully saturated rings. The van der Waals surface area contributed by atoms with Crippen LogP contribution in [0.4, 0.5) is 16.2 Å². The number of nitrogens with one attached hydrogen (secondary N) is 2. The van der Waals surface area contributed by atoms with Crippen molar-refractivity contribution in [2.45, 2.75) is 94.9 Å². The number of ether oxygens (including phenoxy) is 3. The van der Waals surface area contributed by atoms with Crippen LogP contribution in [0.5, 0.6) is 11.5 Å². The van der Waals surface area contributed by atoms with E-state index in [2.05, 4.69) is 49.9 Å². The van der Waals surface area contributed by atoms with E-state index in [4.69, 9.17) is 26.1 Å². The summed E-state index contributed by atoms with van der Waals surface area (Å²) in [6.07, 6.45) is 3.24. The standard InChI is InChI=1S/C29H36ClN5O5.C3H8.C2H6/c1-7-10-13-39-28(18(4)8-2)32-24-12-11-22(15-19(24)5)40-26-20(6)14-21(16-23(26)30)34-35-25(17-31)27(36)33-29(37)38-9-3;1-3-2;1-2/h11-12,14-16,18,34H,7-10,13H2,1-6H3,(H,33,36,37);3H2,1-2H3;1-2H3/b32-28?,35-25+;;. The number of benzene rings is 2. The molecule has 1 atom stereocenters. The zero-order valence-electron chi connectivity index (χ0n) is 28.5. The highest BCUT2D eigenvalue weighted by molar-refractivity contribution is 6.46. The van der Waals surface area contributed by atoms with Gasteiger partial charge in [0.15, 0.2) is 5.90 Å². The minimum Gasteiger partial charge on any atom is -0.481 e. The molecule has 45 heavy (non-hydrogen) atoms. The molecule has 0 aromatic heterocycles. The maximum absolute atomic E-state index is 12.0. The molecular weight excluding hydrogens is 594 g/mol. The molecule has 2 aromatic rings. The summed E-state index contributed by atoms with van der Waals surface area (Å²) in [6, 6.07) is 10.5. The Morgan fingerprint density at radius 2 is 1.69 bits per heavy atom. The van der Waals surface area contributed by atoms with Crippen molar-refractivity contribution >= 4 is 46.6 Å². The maximum atomic E-state index is 12.0. The Labute approximate surface area is 274 Å². The third-order valence-corrected chi connectivity index (χ3v) is 6.02. The first kappa shape index (κ1) is 40.9. The number of nitrogens with zero attached hydrogens (tertiary/aromatic N) is 3. The smallest absolute Gasteiger partial charge is 0.414 e. The fourth-order valence-electron chi connectivity index (χ4n) is 3.32. The molecule has 0 heterocycles. The summed E-state index contributed by atoms with van der Waals surface area (Å²) >= 11 is 6.49. The van der Waals surface area contributed by atoms with Crippen LogP contribution in [-0.4, -0.2) is 36.8 Å². The second-order valence-corrected chi connectivity index (χ2v) is 10.1. The van der Waals surface area contributed by atoms with Gasteiger partial charge in [-0.1, -0.05) is 72.9 Å². The van der Waals surface area contributed by atoms with E-state index < -0.39 is 17.7 Å². The summed E-state index contributed by atoms with van der Waals surface area (Å²) in [4.78, 5) is 28.2. The Kier molecular flexibility index (Phi) is 21.2.